The number of amides is 1. The van der Waals surface area contributed by atoms with Crippen molar-refractivity contribution in [3.63, 3.8) is 0 Å². The van der Waals surface area contributed by atoms with Gasteiger partial charge >= 0.3 is 0 Å². The van der Waals surface area contributed by atoms with Crippen LogP contribution in [0.25, 0.3) is 0 Å². The molecule has 0 fully saturated rings. The van der Waals surface area contributed by atoms with Crippen LogP contribution in [-0.2, 0) is 9.05 Å². The zero-order valence-corrected chi connectivity index (χ0v) is 15.2. The molecule has 0 radical (unpaired) electrons. The lowest BCUT2D eigenvalue weighted by Gasteiger charge is -2.27. The van der Waals surface area contributed by atoms with E-state index in [2.05, 4.69) is 0 Å². The topological polar surface area (TPSA) is 54.5 Å². The van der Waals surface area contributed by atoms with Gasteiger partial charge in [-0.25, -0.2) is 8.42 Å². The van der Waals surface area contributed by atoms with Crippen molar-refractivity contribution in [2.45, 2.75) is 25.7 Å². The van der Waals surface area contributed by atoms with Crippen LogP contribution >= 0.6 is 33.9 Å². The van der Waals surface area contributed by atoms with Gasteiger partial charge in [-0.05, 0) is 17.5 Å². The average molecular weight is 373 g/mol. The maximum absolute atomic E-state index is 12.4. The third-order valence-corrected chi connectivity index (χ3v) is 4.71. The first-order valence-electron chi connectivity index (χ1n) is 6.02. The molecule has 0 N–H and O–H groups in total. The van der Waals surface area contributed by atoms with Gasteiger partial charge in [-0.3, -0.25) is 4.79 Å². The van der Waals surface area contributed by atoms with Crippen LogP contribution in [0, 0.1) is 5.41 Å². The molecule has 0 heterocycles. The second-order valence-corrected chi connectivity index (χ2v) is 9.28. The minimum Gasteiger partial charge on any atom is -0.341 e. The van der Waals surface area contributed by atoms with E-state index in [1.54, 1.807) is 7.05 Å². The second kappa shape index (κ2) is 6.32. The molecule has 8 heteroatoms. The fourth-order valence-corrected chi connectivity index (χ4v) is 3.11. The predicted octanol–water partition coefficient (Wildman–Crippen LogP) is 4.04. The Morgan fingerprint density at radius 2 is 1.76 bits per heavy atom. The van der Waals surface area contributed by atoms with Crippen molar-refractivity contribution in [1.29, 1.82) is 0 Å². The summed E-state index contributed by atoms with van der Waals surface area (Å²) in [6.45, 7) is 6.40. The minimum atomic E-state index is -4.00. The Morgan fingerprint density at radius 1 is 1.24 bits per heavy atom. The van der Waals surface area contributed by atoms with E-state index in [0.29, 0.717) is 6.54 Å². The van der Waals surface area contributed by atoms with Crippen LogP contribution in [0.4, 0.5) is 0 Å². The number of benzene rings is 1. The largest absolute Gasteiger partial charge is 0.341 e. The molecule has 0 aliphatic carbocycles. The standard InChI is InChI=1S/C13H16Cl3NO3S/c1-13(2,3)7-17(4)12(18)9-5-8(21(16,19)20)6-10(14)11(9)15/h5-6H,7H2,1-4H3. The zero-order valence-electron chi connectivity index (χ0n) is 12.1. The highest BCUT2D eigenvalue weighted by atomic mass is 35.7. The van der Waals surface area contributed by atoms with Gasteiger partial charge in [0.1, 0.15) is 0 Å². The third kappa shape index (κ3) is 5.02. The van der Waals surface area contributed by atoms with Crippen LogP contribution in [0.1, 0.15) is 31.1 Å². The van der Waals surface area contributed by atoms with Gasteiger partial charge in [-0.2, -0.15) is 0 Å². The Balaban J connectivity index is 3.30. The van der Waals surface area contributed by atoms with Gasteiger partial charge in [0.25, 0.3) is 15.0 Å². The molecule has 0 aliphatic heterocycles. The van der Waals surface area contributed by atoms with Gasteiger partial charge in [0, 0.05) is 24.3 Å². The van der Waals surface area contributed by atoms with Gasteiger partial charge in [0.05, 0.1) is 20.5 Å². The third-order valence-electron chi connectivity index (χ3n) is 2.57. The lowest BCUT2D eigenvalue weighted by atomic mass is 9.96. The molecule has 0 bridgehead atoms. The first kappa shape index (κ1) is 18.6. The van der Waals surface area contributed by atoms with Crippen LogP contribution in [0.15, 0.2) is 17.0 Å². The van der Waals surface area contributed by atoms with Gasteiger partial charge in [0.15, 0.2) is 0 Å². The molecule has 0 spiro atoms. The first-order valence-corrected chi connectivity index (χ1v) is 9.08. The number of hydrogen-bond donors (Lipinski definition) is 0. The molecule has 0 saturated carbocycles. The summed E-state index contributed by atoms with van der Waals surface area (Å²) in [6, 6.07) is 2.25. The smallest absolute Gasteiger partial charge is 0.261 e. The Hall–Kier alpha value is -0.490. The van der Waals surface area contributed by atoms with Crippen LogP contribution in [-0.4, -0.2) is 32.8 Å². The van der Waals surface area contributed by atoms with Crippen LogP contribution in [0.3, 0.4) is 0 Å². The number of halogens is 3. The number of carbonyl (C=O) groups excluding carboxylic acids is 1. The van der Waals surface area contributed by atoms with E-state index in [0.717, 1.165) is 12.1 Å². The summed E-state index contributed by atoms with van der Waals surface area (Å²) in [5.74, 6) is -0.418. The molecule has 0 aliphatic rings. The van der Waals surface area contributed by atoms with Crippen molar-refractivity contribution in [3.8, 4) is 0 Å². The van der Waals surface area contributed by atoms with Crippen molar-refractivity contribution in [3.05, 3.63) is 27.7 Å². The molecule has 21 heavy (non-hydrogen) atoms. The maximum atomic E-state index is 12.4. The molecule has 0 atom stereocenters. The Kier molecular flexibility index (Phi) is 5.59. The lowest BCUT2D eigenvalue weighted by Crippen LogP contribution is -2.34. The van der Waals surface area contributed by atoms with Crippen molar-refractivity contribution >= 4 is 48.8 Å². The van der Waals surface area contributed by atoms with Crippen molar-refractivity contribution in [1.82, 2.24) is 4.90 Å². The van der Waals surface area contributed by atoms with E-state index in [9.17, 15) is 13.2 Å². The lowest BCUT2D eigenvalue weighted by molar-refractivity contribution is 0.0745. The Morgan fingerprint density at radius 3 is 2.19 bits per heavy atom. The Labute approximate surface area is 139 Å². The summed E-state index contributed by atoms with van der Waals surface area (Å²) in [5, 5.41) is -0.0302. The average Bonchev–Trinajstić information content (AvgIpc) is 2.27. The quantitative estimate of drug-likeness (QED) is 0.752. The predicted molar refractivity (Wildman–Crippen MR) is 85.9 cm³/mol. The zero-order chi connectivity index (χ0) is 16.6. The van der Waals surface area contributed by atoms with Crippen molar-refractivity contribution in [2.24, 2.45) is 5.41 Å². The molecule has 1 aromatic carbocycles. The summed E-state index contributed by atoms with van der Waals surface area (Å²) < 4.78 is 22.8. The maximum Gasteiger partial charge on any atom is 0.261 e. The number of hydrogen-bond acceptors (Lipinski definition) is 3. The molecule has 1 rings (SSSR count). The van der Waals surface area contributed by atoms with Crippen molar-refractivity contribution < 1.29 is 13.2 Å². The summed E-state index contributed by atoms with van der Waals surface area (Å²) in [5.41, 5.74) is -0.105. The van der Waals surface area contributed by atoms with Gasteiger partial charge in [-0.1, -0.05) is 44.0 Å². The molecule has 0 aromatic heterocycles. The number of rotatable bonds is 3. The van der Waals surface area contributed by atoms with E-state index in [1.807, 2.05) is 20.8 Å². The van der Waals surface area contributed by atoms with Gasteiger partial charge < -0.3 is 4.90 Å². The molecular weight excluding hydrogens is 357 g/mol. The SMILES string of the molecule is CN(CC(C)(C)C)C(=O)c1cc(S(=O)(=O)Cl)cc(Cl)c1Cl. The van der Waals surface area contributed by atoms with Gasteiger partial charge in [0.2, 0.25) is 0 Å². The normalized spacial score (nSPS) is 12.3. The van der Waals surface area contributed by atoms with E-state index in [-0.39, 0.29) is 25.9 Å². The summed E-state index contributed by atoms with van der Waals surface area (Å²) in [7, 11) is 2.90. The van der Waals surface area contributed by atoms with Crippen LogP contribution in [0.2, 0.25) is 10.0 Å². The molecule has 1 aromatic rings. The van der Waals surface area contributed by atoms with Crippen LogP contribution < -0.4 is 0 Å². The van der Waals surface area contributed by atoms with E-state index in [4.69, 9.17) is 33.9 Å². The molecule has 0 saturated heterocycles. The molecular formula is C13H16Cl3NO3S. The minimum absolute atomic E-state index is 0.00601. The highest BCUT2D eigenvalue weighted by molar-refractivity contribution is 8.13. The van der Waals surface area contributed by atoms with E-state index >= 15 is 0 Å². The highest BCUT2D eigenvalue weighted by Gasteiger charge is 2.24. The molecule has 1 amide bonds. The summed E-state index contributed by atoms with van der Waals surface area (Å²) in [4.78, 5) is 13.6. The molecule has 4 nitrogen and oxygen atoms in total. The first-order chi connectivity index (χ1) is 9.33. The second-order valence-electron chi connectivity index (χ2n) is 5.93. The molecule has 0 unspecified atom stereocenters. The monoisotopic (exact) mass is 371 g/mol. The summed E-state index contributed by atoms with van der Waals surface area (Å²) in [6.07, 6.45) is 0. The fourth-order valence-electron chi connectivity index (χ4n) is 1.85. The van der Waals surface area contributed by atoms with Crippen LogP contribution in [0.5, 0.6) is 0 Å². The van der Waals surface area contributed by atoms with Crippen molar-refractivity contribution in [2.75, 3.05) is 13.6 Å². The molecule has 118 valence electrons. The Bertz CT molecular complexity index is 666. The number of carbonyl (C=O) groups is 1. The van der Waals surface area contributed by atoms with E-state index in [1.165, 1.54) is 4.90 Å². The highest BCUT2D eigenvalue weighted by Crippen LogP contribution is 2.31. The fraction of sp³-hybridized carbons (Fsp3) is 0.462. The summed E-state index contributed by atoms with van der Waals surface area (Å²) >= 11 is 11.9. The number of nitrogens with zero attached hydrogens (tertiary/aromatic N) is 1. The van der Waals surface area contributed by atoms with Gasteiger partial charge in [-0.15, -0.1) is 0 Å². The van der Waals surface area contributed by atoms with E-state index < -0.39 is 15.0 Å².